The number of rotatable bonds is 5. The minimum Gasteiger partial charge on any atom is -0.459 e. The minimum absolute atomic E-state index is 0.0426. The number of hydrogen-bond acceptors (Lipinski definition) is 5. The van der Waals surface area contributed by atoms with E-state index in [1.165, 1.54) is 0 Å². The fourth-order valence-corrected chi connectivity index (χ4v) is 4.34. The normalized spacial score (nSPS) is 20.9. The Hall–Kier alpha value is -1.37. The molecule has 2 heterocycles. The van der Waals surface area contributed by atoms with E-state index in [-0.39, 0.29) is 17.6 Å². The summed E-state index contributed by atoms with van der Waals surface area (Å²) in [7, 11) is -3.26. The second-order valence-electron chi connectivity index (χ2n) is 5.51. The Kier molecular flexibility index (Phi) is 4.01. The highest BCUT2D eigenvalue weighted by Crippen LogP contribution is 2.24. The predicted octanol–water partition coefficient (Wildman–Crippen LogP) is 2.03. The first-order valence-electron chi connectivity index (χ1n) is 7.09. The molecular weight excluding hydrogens is 290 g/mol. The van der Waals surface area contributed by atoms with Gasteiger partial charge in [0.1, 0.15) is 11.3 Å². The molecule has 0 radical (unpaired) electrons. The molecule has 1 aliphatic heterocycles. The first-order chi connectivity index (χ1) is 10.0. The maximum atomic E-state index is 12.2. The monoisotopic (exact) mass is 309 g/mol. The van der Waals surface area contributed by atoms with Crippen LogP contribution in [0.15, 0.2) is 34.7 Å². The molecule has 21 heavy (non-hydrogen) atoms. The molecule has 6 heteroatoms. The largest absolute Gasteiger partial charge is 0.459 e. The lowest BCUT2D eigenvalue weighted by molar-refractivity contribution is 0.127. The lowest BCUT2D eigenvalue weighted by Crippen LogP contribution is -2.28. The van der Waals surface area contributed by atoms with E-state index in [1.54, 1.807) is 0 Å². The average Bonchev–Trinajstić information content (AvgIpc) is 3.05. The summed E-state index contributed by atoms with van der Waals surface area (Å²) >= 11 is 0. The Bertz CT molecular complexity index is 683. The van der Waals surface area contributed by atoms with Gasteiger partial charge in [0.2, 0.25) is 0 Å². The molecule has 2 unspecified atom stereocenters. The summed E-state index contributed by atoms with van der Waals surface area (Å²) in [6.07, 6.45) is 1.55. The highest BCUT2D eigenvalue weighted by atomic mass is 32.2. The number of ether oxygens (including phenoxy) is 1. The molecular formula is C15H19NO4S. The molecule has 2 N–H and O–H groups in total. The molecule has 1 saturated heterocycles. The molecule has 0 bridgehead atoms. The number of fused-ring (bicyclic) bond motifs is 1. The van der Waals surface area contributed by atoms with Gasteiger partial charge in [-0.1, -0.05) is 18.2 Å². The Labute approximate surface area is 124 Å². The Balaban J connectivity index is 1.71. The SMILES string of the molecule is NC(CS(=O)(=O)CC1CCCO1)c1cc2ccccc2o1. The van der Waals surface area contributed by atoms with Crippen molar-refractivity contribution in [3.05, 3.63) is 36.1 Å². The summed E-state index contributed by atoms with van der Waals surface area (Å²) in [6, 6.07) is 8.68. The number of para-hydroxylation sites is 1. The lowest BCUT2D eigenvalue weighted by atomic mass is 10.2. The second-order valence-corrected chi connectivity index (χ2v) is 7.66. The molecule has 3 rings (SSSR count). The van der Waals surface area contributed by atoms with E-state index in [1.807, 2.05) is 30.3 Å². The van der Waals surface area contributed by atoms with Crippen molar-refractivity contribution in [2.75, 3.05) is 18.1 Å². The standard InChI is InChI=1S/C15H19NO4S/c16-13(10-21(17,18)9-12-5-3-7-19-12)15-8-11-4-1-2-6-14(11)20-15/h1-2,4,6,8,12-13H,3,5,7,9-10,16H2. The lowest BCUT2D eigenvalue weighted by Gasteiger charge is -2.13. The molecule has 0 saturated carbocycles. The van der Waals surface area contributed by atoms with E-state index in [9.17, 15) is 8.42 Å². The molecule has 1 aromatic heterocycles. The molecule has 2 atom stereocenters. The van der Waals surface area contributed by atoms with Crippen molar-refractivity contribution < 1.29 is 17.6 Å². The van der Waals surface area contributed by atoms with Crippen molar-refractivity contribution in [3.63, 3.8) is 0 Å². The van der Waals surface area contributed by atoms with Crippen molar-refractivity contribution in [3.8, 4) is 0 Å². The van der Waals surface area contributed by atoms with Gasteiger partial charge in [0.25, 0.3) is 0 Å². The third-order valence-electron chi connectivity index (χ3n) is 3.71. The Morgan fingerprint density at radius 1 is 1.33 bits per heavy atom. The zero-order valence-electron chi connectivity index (χ0n) is 11.7. The highest BCUT2D eigenvalue weighted by Gasteiger charge is 2.26. The van der Waals surface area contributed by atoms with E-state index in [0.29, 0.717) is 12.4 Å². The van der Waals surface area contributed by atoms with Gasteiger partial charge in [0.15, 0.2) is 9.84 Å². The summed E-state index contributed by atoms with van der Waals surface area (Å²) in [6.45, 7) is 0.649. The van der Waals surface area contributed by atoms with E-state index >= 15 is 0 Å². The first kappa shape index (κ1) is 14.6. The maximum absolute atomic E-state index is 12.2. The average molecular weight is 309 g/mol. The zero-order chi connectivity index (χ0) is 14.9. The molecule has 5 nitrogen and oxygen atoms in total. The van der Waals surface area contributed by atoms with Gasteiger partial charge in [0, 0.05) is 12.0 Å². The van der Waals surface area contributed by atoms with Crippen LogP contribution in [0.25, 0.3) is 11.0 Å². The van der Waals surface area contributed by atoms with E-state index in [4.69, 9.17) is 14.9 Å². The third kappa shape index (κ3) is 3.45. The molecule has 2 aromatic rings. The van der Waals surface area contributed by atoms with Gasteiger partial charge in [-0.25, -0.2) is 8.42 Å². The van der Waals surface area contributed by atoms with Crippen LogP contribution in [0.1, 0.15) is 24.6 Å². The Morgan fingerprint density at radius 2 is 2.14 bits per heavy atom. The Morgan fingerprint density at radius 3 is 2.86 bits per heavy atom. The summed E-state index contributed by atoms with van der Waals surface area (Å²) in [5, 5.41) is 0.930. The minimum atomic E-state index is -3.26. The quantitative estimate of drug-likeness (QED) is 0.913. The fraction of sp³-hybridized carbons (Fsp3) is 0.467. The second kappa shape index (κ2) is 5.79. The van der Waals surface area contributed by atoms with Crippen LogP contribution in [-0.4, -0.2) is 32.6 Å². The van der Waals surface area contributed by atoms with Gasteiger partial charge in [-0.3, -0.25) is 0 Å². The molecule has 114 valence electrons. The van der Waals surface area contributed by atoms with Crippen LogP contribution in [0.2, 0.25) is 0 Å². The number of benzene rings is 1. The van der Waals surface area contributed by atoms with Crippen LogP contribution in [0, 0.1) is 0 Å². The summed E-state index contributed by atoms with van der Waals surface area (Å²) in [5.41, 5.74) is 6.73. The van der Waals surface area contributed by atoms with E-state index in [0.717, 1.165) is 23.8 Å². The van der Waals surface area contributed by atoms with Gasteiger partial charge in [0.05, 0.1) is 23.7 Å². The molecule has 1 aliphatic rings. The number of nitrogens with two attached hydrogens (primary N) is 1. The number of furan rings is 1. The molecule has 0 spiro atoms. The summed E-state index contributed by atoms with van der Waals surface area (Å²) < 4.78 is 35.4. The van der Waals surface area contributed by atoms with E-state index in [2.05, 4.69) is 0 Å². The topological polar surface area (TPSA) is 82.5 Å². The fourth-order valence-electron chi connectivity index (χ4n) is 2.67. The molecule has 1 fully saturated rings. The van der Waals surface area contributed by atoms with Crippen LogP contribution < -0.4 is 5.73 Å². The third-order valence-corrected chi connectivity index (χ3v) is 5.45. The van der Waals surface area contributed by atoms with Gasteiger partial charge in [-0.2, -0.15) is 0 Å². The van der Waals surface area contributed by atoms with Crippen LogP contribution in [0.3, 0.4) is 0 Å². The van der Waals surface area contributed by atoms with Crippen LogP contribution >= 0.6 is 0 Å². The predicted molar refractivity (Wildman–Crippen MR) is 80.8 cm³/mol. The van der Waals surface area contributed by atoms with Crippen molar-refractivity contribution in [1.29, 1.82) is 0 Å². The van der Waals surface area contributed by atoms with Gasteiger partial charge in [-0.05, 0) is 25.0 Å². The molecule has 0 amide bonds. The highest BCUT2D eigenvalue weighted by molar-refractivity contribution is 7.91. The summed E-state index contributed by atoms with van der Waals surface area (Å²) in [5.74, 6) is 0.431. The first-order valence-corrected chi connectivity index (χ1v) is 8.92. The van der Waals surface area contributed by atoms with Crippen molar-refractivity contribution in [1.82, 2.24) is 0 Å². The van der Waals surface area contributed by atoms with Crippen LogP contribution in [0.5, 0.6) is 0 Å². The van der Waals surface area contributed by atoms with Crippen molar-refractivity contribution in [2.24, 2.45) is 5.73 Å². The maximum Gasteiger partial charge on any atom is 0.154 e. The van der Waals surface area contributed by atoms with Crippen LogP contribution in [-0.2, 0) is 14.6 Å². The molecule has 0 aliphatic carbocycles. The van der Waals surface area contributed by atoms with Crippen LogP contribution in [0.4, 0.5) is 0 Å². The van der Waals surface area contributed by atoms with Gasteiger partial charge >= 0.3 is 0 Å². The smallest absolute Gasteiger partial charge is 0.154 e. The number of sulfone groups is 1. The summed E-state index contributed by atoms with van der Waals surface area (Å²) in [4.78, 5) is 0. The molecule has 1 aromatic carbocycles. The van der Waals surface area contributed by atoms with Gasteiger partial charge in [-0.15, -0.1) is 0 Å². The van der Waals surface area contributed by atoms with Crippen molar-refractivity contribution in [2.45, 2.75) is 25.0 Å². The number of hydrogen-bond donors (Lipinski definition) is 1. The van der Waals surface area contributed by atoms with Gasteiger partial charge < -0.3 is 14.9 Å². The zero-order valence-corrected chi connectivity index (χ0v) is 12.5. The van der Waals surface area contributed by atoms with E-state index < -0.39 is 15.9 Å². The van der Waals surface area contributed by atoms with Crippen molar-refractivity contribution >= 4 is 20.8 Å².